The number of guanidine groups is 2. The summed E-state index contributed by atoms with van der Waals surface area (Å²) in [5, 5.41) is 15.0. The van der Waals surface area contributed by atoms with E-state index in [-0.39, 0.29) is 34.3 Å². The van der Waals surface area contributed by atoms with Crippen molar-refractivity contribution in [3.05, 3.63) is 13.2 Å². The Labute approximate surface area is 75.4 Å². The largest absolute Gasteiger partial charge is 0.370 e. The van der Waals surface area contributed by atoms with E-state index in [1.54, 1.807) is 0 Å². The van der Waals surface area contributed by atoms with Crippen LogP contribution in [0.4, 0.5) is 0 Å². The van der Waals surface area contributed by atoms with Crippen molar-refractivity contribution in [3.63, 3.8) is 0 Å². The Balaban J connectivity index is -0.000000149. The molecule has 5 nitrogen and oxygen atoms in total. The fourth-order valence-electron chi connectivity index (χ4n) is 0.145. The minimum absolute atomic E-state index is 0. The van der Waals surface area contributed by atoms with Gasteiger partial charge in [0, 0.05) is 22.4 Å². The molecule has 0 saturated heterocycles. The minimum atomic E-state index is -0.312. The van der Waals surface area contributed by atoms with Crippen molar-refractivity contribution in [1.82, 2.24) is 5.32 Å². The van der Waals surface area contributed by atoms with Crippen molar-refractivity contribution in [1.29, 1.82) is 10.8 Å². The van der Waals surface area contributed by atoms with E-state index in [1.807, 2.05) is 5.32 Å². The van der Waals surface area contributed by atoms with E-state index in [4.69, 9.17) is 22.3 Å². The third-order valence-electron chi connectivity index (χ3n) is 0.269. The normalized spacial score (nSPS) is 5.60. The van der Waals surface area contributed by atoms with Crippen LogP contribution in [0.15, 0.2) is 13.2 Å². The average molecular weight is 237 g/mol. The molecule has 0 rings (SSSR count). The molecular formula is C4H11AgN5. The molecule has 10 heavy (non-hydrogen) atoms. The molecule has 0 aromatic rings. The van der Waals surface area contributed by atoms with Gasteiger partial charge in [-0.2, -0.15) is 0 Å². The second-order valence-corrected chi connectivity index (χ2v) is 0.952. The number of nitrogens with two attached hydrogens (primary N) is 2. The maximum atomic E-state index is 6.47. The molecule has 0 heterocycles. The maximum absolute atomic E-state index is 6.47. The van der Waals surface area contributed by atoms with Gasteiger partial charge in [-0.15, -0.1) is 13.2 Å². The van der Waals surface area contributed by atoms with Gasteiger partial charge in [-0.05, 0) is 0 Å². The number of nitrogens with one attached hydrogen (secondary N) is 3. The van der Waals surface area contributed by atoms with Crippen molar-refractivity contribution >= 4 is 11.9 Å². The Hall–Kier alpha value is -0.780. The van der Waals surface area contributed by atoms with Gasteiger partial charge >= 0.3 is 0 Å². The Morgan fingerprint density at radius 1 is 1.10 bits per heavy atom. The molecule has 0 aliphatic heterocycles. The maximum Gasteiger partial charge on any atom is 0.192 e. The molecule has 0 saturated carbocycles. The van der Waals surface area contributed by atoms with E-state index in [0.717, 1.165) is 0 Å². The number of hydrogen-bond acceptors (Lipinski definition) is 2. The number of hydrogen-bond donors (Lipinski definition) is 5. The molecule has 0 fully saturated rings. The molecule has 0 aromatic carbocycles. The summed E-state index contributed by atoms with van der Waals surface area (Å²) in [7, 11) is 0. The van der Waals surface area contributed by atoms with Crippen LogP contribution in [0.3, 0.4) is 0 Å². The smallest absolute Gasteiger partial charge is 0.192 e. The van der Waals surface area contributed by atoms with Crippen molar-refractivity contribution in [3.8, 4) is 0 Å². The van der Waals surface area contributed by atoms with Crippen LogP contribution in [-0.2, 0) is 22.4 Å². The molecule has 0 amide bonds. The van der Waals surface area contributed by atoms with Gasteiger partial charge in [0.05, 0.1) is 0 Å². The molecule has 0 aliphatic carbocycles. The van der Waals surface area contributed by atoms with Crippen molar-refractivity contribution < 1.29 is 22.4 Å². The first-order valence-corrected chi connectivity index (χ1v) is 2.08. The van der Waals surface area contributed by atoms with E-state index < -0.39 is 0 Å². The minimum Gasteiger partial charge on any atom is -0.370 e. The zero-order valence-corrected chi connectivity index (χ0v) is 6.85. The zero-order valence-electron chi connectivity index (χ0n) is 5.37. The molecule has 0 aromatic heterocycles. The van der Waals surface area contributed by atoms with E-state index in [1.165, 1.54) is 0 Å². The van der Waals surface area contributed by atoms with E-state index in [0.29, 0.717) is 0 Å². The summed E-state index contributed by atoms with van der Waals surface area (Å²) in [5.41, 5.74) is 9.49. The fraction of sp³-hybridized carbons (Fsp3) is 0. The van der Waals surface area contributed by atoms with Gasteiger partial charge in [0.15, 0.2) is 11.9 Å². The summed E-state index contributed by atoms with van der Waals surface area (Å²) in [6.45, 7) is 6.00. The van der Waals surface area contributed by atoms with Crippen LogP contribution < -0.4 is 16.8 Å². The van der Waals surface area contributed by atoms with Crippen LogP contribution in [0.5, 0.6) is 0 Å². The van der Waals surface area contributed by atoms with Gasteiger partial charge < -0.3 is 11.5 Å². The summed E-state index contributed by atoms with van der Waals surface area (Å²) in [6, 6.07) is 0. The first-order chi connectivity index (χ1) is 4.13. The summed E-state index contributed by atoms with van der Waals surface area (Å²) < 4.78 is 0. The Bertz CT molecular complexity index is 100. The average Bonchev–Trinajstić information content (AvgIpc) is 1.68. The van der Waals surface area contributed by atoms with Gasteiger partial charge in [-0.1, -0.05) is 0 Å². The van der Waals surface area contributed by atoms with Crippen molar-refractivity contribution in [2.75, 3.05) is 0 Å². The van der Waals surface area contributed by atoms with Crippen LogP contribution in [0, 0.1) is 10.8 Å². The molecule has 6 heteroatoms. The van der Waals surface area contributed by atoms with E-state index in [2.05, 4.69) is 13.2 Å². The summed E-state index contributed by atoms with van der Waals surface area (Å²) in [6.07, 6.45) is 0. The van der Waals surface area contributed by atoms with Crippen LogP contribution in [-0.4, -0.2) is 11.9 Å². The van der Waals surface area contributed by atoms with Gasteiger partial charge in [-0.25, -0.2) is 0 Å². The third-order valence-corrected chi connectivity index (χ3v) is 0.269. The summed E-state index contributed by atoms with van der Waals surface area (Å²) in [4.78, 5) is 0. The quantitative estimate of drug-likeness (QED) is 0.164. The Kier molecular flexibility index (Phi) is 17.8. The first-order valence-electron chi connectivity index (χ1n) is 2.08. The Morgan fingerprint density at radius 3 is 1.30 bits per heavy atom. The summed E-state index contributed by atoms with van der Waals surface area (Å²) >= 11 is 0. The molecule has 0 atom stereocenters. The SMILES string of the molecule is C=C.N=C(N)NC(=N)N.[Ag]. The fourth-order valence-corrected chi connectivity index (χ4v) is 0.145. The molecule has 7 N–H and O–H groups in total. The van der Waals surface area contributed by atoms with Gasteiger partial charge in [-0.3, -0.25) is 16.1 Å². The van der Waals surface area contributed by atoms with Gasteiger partial charge in [0.25, 0.3) is 0 Å². The topological polar surface area (TPSA) is 112 Å². The first kappa shape index (κ1) is 16.1. The standard InChI is InChI=1S/C2H7N5.C2H4.Ag/c3-1(4)7-2(5)6;1-2;/h(H7,3,4,5,6,7);1-2H2;. The molecule has 0 aliphatic rings. The molecule has 0 bridgehead atoms. The van der Waals surface area contributed by atoms with Gasteiger partial charge in [0.1, 0.15) is 0 Å². The van der Waals surface area contributed by atoms with Crippen molar-refractivity contribution in [2.45, 2.75) is 0 Å². The van der Waals surface area contributed by atoms with Gasteiger partial charge in [0.2, 0.25) is 0 Å². The van der Waals surface area contributed by atoms with Crippen LogP contribution in [0.1, 0.15) is 0 Å². The predicted molar refractivity (Wildman–Crippen MR) is 38.2 cm³/mol. The van der Waals surface area contributed by atoms with E-state index in [9.17, 15) is 0 Å². The Morgan fingerprint density at radius 2 is 1.30 bits per heavy atom. The van der Waals surface area contributed by atoms with Crippen LogP contribution in [0.2, 0.25) is 0 Å². The molecular weight excluding hydrogens is 226 g/mol. The third kappa shape index (κ3) is 26.9. The second kappa shape index (κ2) is 11.1. The van der Waals surface area contributed by atoms with Crippen molar-refractivity contribution in [2.24, 2.45) is 11.5 Å². The van der Waals surface area contributed by atoms with Crippen LogP contribution >= 0.6 is 0 Å². The van der Waals surface area contributed by atoms with Crippen LogP contribution in [0.25, 0.3) is 0 Å². The zero-order chi connectivity index (χ0) is 7.86. The summed E-state index contributed by atoms with van der Waals surface area (Å²) in [5.74, 6) is -0.625. The molecule has 0 spiro atoms. The predicted octanol–water partition coefficient (Wildman–Crippen LogP) is -0.837. The monoisotopic (exact) mass is 236 g/mol. The molecule has 1 radical (unpaired) electrons. The second-order valence-electron chi connectivity index (χ2n) is 0.952. The molecule has 0 unspecified atom stereocenters. The number of rotatable bonds is 0. The van der Waals surface area contributed by atoms with E-state index >= 15 is 0 Å². The molecule has 63 valence electrons.